The van der Waals surface area contributed by atoms with E-state index in [0.717, 1.165) is 5.56 Å². The van der Waals surface area contributed by atoms with E-state index in [4.69, 9.17) is 4.42 Å². The van der Waals surface area contributed by atoms with Gasteiger partial charge in [-0.3, -0.25) is 19.1 Å². The van der Waals surface area contributed by atoms with Crippen LogP contribution in [0.1, 0.15) is 24.3 Å². The summed E-state index contributed by atoms with van der Waals surface area (Å²) in [5.74, 6) is 0.646. The van der Waals surface area contributed by atoms with E-state index in [9.17, 15) is 9.59 Å². The quantitative estimate of drug-likeness (QED) is 0.364. The van der Waals surface area contributed by atoms with Crippen LogP contribution in [0, 0.1) is 0 Å². The van der Waals surface area contributed by atoms with Crippen molar-refractivity contribution in [3.05, 3.63) is 88.9 Å². The molecule has 0 aliphatic rings. The zero-order chi connectivity index (χ0) is 20.9. The Hall–Kier alpha value is -3.39. The number of pyridine rings is 1. The van der Waals surface area contributed by atoms with E-state index in [-0.39, 0.29) is 23.3 Å². The largest absolute Gasteiger partial charge is 0.467 e. The van der Waals surface area contributed by atoms with Crippen molar-refractivity contribution in [3.63, 3.8) is 0 Å². The summed E-state index contributed by atoms with van der Waals surface area (Å²) in [7, 11) is 0. The van der Waals surface area contributed by atoms with Crippen molar-refractivity contribution in [3.8, 4) is 0 Å². The number of fused-ring (bicyclic) bond motifs is 1. The van der Waals surface area contributed by atoms with Gasteiger partial charge in [0.15, 0.2) is 5.16 Å². The molecule has 4 aromatic rings. The van der Waals surface area contributed by atoms with E-state index in [1.165, 1.54) is 11.8 Å². The summed E-state index contributed by atoms with van der Waals surface area (Å²) in [5, 5.41) is 3.93. The lowest BCUT2D eigenvalue weighted by Gasteiger charge is -2.14. The number of nitrogens with one attached hydrogen (secondary N) is 1. The molecule has 0 bridgehead atoms. The number of hydrogen-bond donors (Lipinski definition) is 1. The number of furan rings is 1. The van der Waals surface area contributed by atoms with Gasteiger partial charge < -0.3 is 9.73 Å². The molecule has 0 fully saturated rings. The van der Waals surface area contributed by atoms with Crippen LogP contribution in [0.3, 0.4) is 0 Å². The molecular weight excluding hydrogens is 400 g/mol. The highest BCUT2D eigenvalue weighted by Gasteiger charge is 2.16. The van der Waals surface area contributed by atoms with E-state index in [2.05, 4.69) is 15.3 Å². The first-order valence-electron chi connectivity index (χ1n) is 9.46. The third-order valence-corrected chi connectivity index (χ3v) is 5.55. The summed E-state index contributed by atoms with van der Waals surface area (Å²) in [6.45, 7) is 2.19. The predicted octanol–water partition coefficient (Wildman–Crippen LogP) is 3.40. The zero-order valence-electron chi connectivity index (χ0n) is 16.3. The van der Waals surface area contributed by atoms with Crippen LogP contribution in [0.2, 0.25) is 0 Å². The first-order chi connectivity index (χ1) is 14.6. The van der Waals surface area contributed by atoms with Gasteiger partial charge >= 0.3 is 0 Å². The third-order valence-electron chi connectivity index (χ3n) is 4.57. The number of rotatable bonds is 7. The molecule has 1 aromatic carbocycles. The number of benzene rings is 1. The Balaban J connectivity index is 1.58. The fourth-order valence-electron chi connectivity index (χ4n) is 3.09. The molecule has 3 heterocycles. The summed E-state index contributed by atoms with van der Waals surface area (Å²) in [6, 6.07) is 14.3. The first kappa shape index (κ1) is 19.9. The van der Waals surface area contributed by atoms with Crippen LogP contribution < -0.4 is 10.9 Å². The minimum atomic E-state index is -0.241. The molecule has 0 radical (unpaired) electrons. The van der Waals surface area contributed by atoms with Crippen molar-refractivity contribution in [2.24, 2.45) is 0 Å². The zero-order valence-corrected chi connectivity index (χ0v) is 17.1. The Morgan fingerprint density at radius 3 is 2.83 bits per heavy atom. The molecule has 4 rings (SSSR count). The van der Waals surface area contributed by atoms with Gasteiger partial charge in [-0.2, -0.15) is 0 Å². The number of carbonyl (C=O) groups excluding carboxylic acids is 1. The predicted molar refractivity (Wildman–Crippen MR) is 115 cm³/mol. The molecule has 152 valence electrons. The Labute approximate surface area is 177 Å². The van der Waals surface area contributed by atoms with Crippen LogP contribution >= 0.6 is 11.8 Å². The highest BCUT2D eigenvalue weighted by atomic mass is 32.2. The van der Waals surface area contributed by atoms with E-state index >= 15 is 0 Å². The highest BCUT2D eigenvalue weighted by molar-refractivity contribution is 7.99. The van der Waals surface area contributed by atoms with Crippen LogP contribution in [0.25, 0.3) is 10.9 Å². The van der Waals surface area contributed by atoms with Gasteiger partial charge in [-0.05, 0) is 42.8 Å². The number of thioether (sulfide) groups is 1. The molecule has 1 N–H and O–H groups in total. The SMILES string of the molecule is CC(NC(=O)CSc1nc2ccccc2c(=O)n1Cc1cccnc1)c1ccco1. The summed E-state index contributed by atoms with van der Waals surface area (Å²) in [4.78, 5) is 34.3. The molecule has 0 spiro atoms. The van der Waals surface area contributed by atoms with Crippen LogP contribution in [0.4, 0.5) is 0 Å². The maximum Gasteiger partial charge on any atom is 0.262 e. The van der Waals surface area contributed by atoms with Gasteiger partial charge in [-0.1, -0.05) is 30.0 Å². The van der Waals surface area contributed by atoms with Crippen LogP contribution in [-0.2, 0) is 11.3 Å². The van der Waals surface area contributed by atoms with Crippen molar-refractivity contribution in [2.75, 3.05) is 5.75 Å². The van der Waals surface area contributed by atoms with E-state index in [1.54, 1.807) is 41.4 Å². The summed E-state index contributed by atoms with van der Waals surface area (Å²) >= 11 is 1.23. The molecule has 1 atom stereocenters. The highest BCUT2D eigenvalue weighted by Crippen LogP contribution is 2.19. The number of aromatic nitrogens is 3. The van der Waals surface area contributed by atoms with Gasteiger partial charge in [0.25, 0.3) is 5.56 Å². The Morgan fingerprint density at radius 2 is 2.07 bits per heavy atom. The number of hydrogen-bond acceptors (Lipinski definition) is 6. The third kappa shape index (κ3) is 4.44. The lowest BCUT2D eigenvalue weighted by Crippen LogP contribution is -2.29. The molecule has 8 heteroatoms. The number of carbonyl (C=O) groups is 1. The molecule has 7 nitrogen and oxygen atoms in total. The van der Waals surface area contributed by atoms with Crippen LogP contribution in [0.5, 0.6) is 0 Å². The average molecular weight is 420 g/mol. The fraction of sp³-hybridized carbons (Fsp3) is 0.182. The molecule has 0 saturated heterocycles. The van der Waals surface area contributed by atoms with Gasteiger partial charge in [0.2, 0.25) is 5.91 Å². The maximum atomic E-state index is 13.1. The van der Waals surface area contributed by atoms with Crippen LogP contribution in [-0.4, -0.2) is 26.2 Å². The maximum absolute atomic E-state index is 13.1. The smallest absolute Gasteiger partial charge is 0.262 e. The fourth-order valence-corrected chi connectivity index (χ4v) is 3.90. The second-order valence-corrected chi connectivity index (χ2v) is 7.70. The average Bonchev–Trinajstić information content (AvgIpc) is 3.30. The van der Waals surface area contributed by atoms with Crippen molar-refractivity contribution >= 4 is 28.6 Å². The monoisotopic (exact) mass is 420 g/mol. The molecule has 0 aliphatic heterocycles. The minimum Gasteiger partial charge on any atom is -0.467 e. The van der Waals surface area contributed by atoms with Crippen molar-refractivity contribution in [2.45, 2.75) is 24.7 Å². The summed E-state index contributed by atoms with van der Waals surface area (Å²) in [5.41, 5.74) is 1.35. The summed E-state index contributed by atoms with van der Waals surface area (Å²) < 4.78 is 6.91. The molecule has 0 saturated carbocycles. The summed E-state index contributed by atoms with van der Waals surface area (Å²) in [6.07, 6.45) is 4.97. The topological polar surface area (TPSA) is 90.0 Å². The van der Waals surface area contributed by atoms with Gasteiger partial charge in [0.1, 0.15) is 5.76 Å². The Morgan fingerprint density at radius 1 is 1.20 bits per heavy atom. The van der Waals surface area contributed by atoms with Crippen molar-refractivity contribution < 1.29 is 9.21 Å². The van der Waals surface area contributed by atoms with Crippen molar-refractivity contribution in [1.29, 1.82) is 0 Å². The molecule has 1 amide bonds. The number of nitrogens with zero attached hydrogens (tertiary/aromatic N) is 3. The van der Waals surface area contributed by atoms with Crippen molar-refractivity contribution in [1.82, 2.24) is 19.9 Å². The normalized spacial score (nSPS) is 12.0. The minimum absolute atomic E-state index is 0.128. The standard InChI is InChI=1S/C22H20N4O3S/c1-15(19-9-5-11-29-19)24-20(27)14-30-22-25-18-8-3-2-7-17(18)21(28)26(22)13-16-6-4-10-23-12-16/h2-12,15H,13-14H2,1H3,(H,24,27). The van der Waals surface area contributed by atoms with Gasteiger partial charge in [-0.15, -0.1) is 0 Å². The number of para-hydroxylation sites is 1. The molecular formula is C22H20N4O3S. The Kier molecular flexibility index (Phi) is 5.94. The molecule has 30 heavy (non-hydrogen) atoms. The van der Waals surface area contributed by atoms with E-state index in [0.29, 0.717) is 28.4 Å². The lowest BCUT2D eigenvalue weighted by molar-refractivity contribution is -0.119. The molecule has 3 aromatic heterocycles. The molecule has 0 aliphatic carbocycles. The lowest BCUT2D eigenvalue weighted by atomic mass is 10.2. The van der Waals surface area contributed by atoms with E-state index in [1.807, 2.05) is 37.3 Å². The van der Waals surface area contributed by atoms with Gasteiger partial charge in [-0.25, -0.2) is 4.98 Å². The molecule has 1 unspecified atom stereocenters. The van der Waals surface area contributed by atoms with Gasteiger partial charge in [0.05, 0.1) is 35.5 Å². The number of amides is 1. The second kappa shape index (κ2) is 8.96. The second-order valence-electron chi connectivity index (χ2n) is 6.76. The van der Waals surface area contributed by atoms with Gasteiger partial charge in [0, 0.05) is 12.4 Å². The first-order valence-corrected chi connectivity index (χ1v) is 10.4. The Bertz CT molecular complexity index is 1210. The van der Waals surface area contributed by atoms with Crippen LogP contribution in [0.15, 0.2) is 81.6 Å². The van der Waals surface area contributed by atoms with E-state index < -0.39 is 0 Å².